The molecule has 0 aliphatic carbocycles. The second kappa shape index (κ2) is 8.19. The summed E-state index contributed by atoms with van der Waals surface area (Å²) in [6.45, 7) is 3.43. The van der Waals surface area contributed by atoms with E-state index in [9.17, 15) is 4.79 Å². The number of hydrogen-bond donors (Lipinski definition) is 1. The van der Waals surface area contributed by atoms with Gasteiger partial charge in [-0.2, -0.15) is 0 Å². The summed E-state index contributed by atoms with van der Waals surface area (Å²) in [5.74, 6) is 1.48. The molecule has 2 aromatic rings. The molecule has 1 amide bonds. The van der Waals surface area contributed by atoms with E-state index in [4.69, 9.17) is 14.2 Å². The van der Waals surface area contributed by atoms with Crippen LogP contribution < -0.4 is 19.5 Å². The summed E-state index contributed by atoms with van der Waals surface area (Å²) in [5.41, 5.74) is 3.15. The minimum Gasteiger partial charge on any atom is -0.493 e. The summed E-state index contributed by atoms with van der Waals surface area (Å²) in [6, 6.07) is 9.26. The summed E-state index contributed by atoms with van der Waals surface area (Å²) < 4.78 is 16.0. The van der Waals surface area contributed by atoms with Crippen molar-refractivity contribution in [2.24, 2.45) is 4.99 Å². The number of rotatable bonds is 6. The SMILES string of the molecule is COc1cc(C=Nc2cc(C)ccc2NC(C)=O)cc(OC)c1OC. The fourth-order valence-corrected chi connectivity index (χ4v) is 2.36. The zero-order valence-electron chi connectivity index (χ0n) is 15.0. The Bertz CT molecular complexity index is 775. The van der Waals surface area contributed by atoms with Gasteiger partial charge < -0.3 is 19.5 Å². The van der Waals surface area contributed by atoms with Crippen LogP contribution in [0, 0.1) is 6.92 Å². The number of hydrogen-bond acceptors (Lipinski definition) is 5. The molecule has 2 rings (SSSR count). The third-order valence-corrected chi connectivity index (χ3v) is 3.50. The highest BCUT2D eigenvalue weighted by molar-refractivity contribution is 5.93. The van der Waals surface area contributed by atoms with Crippen LogP contribution in [-0.2, 0) is 4.79 Å². The first-order valence-electron chi connectivity index (χ1n) is 7.70. The highest BCUT2D eigenvalue weighted by Gasteiger charge is 2.12. The van der Waals surface area contributed by atoms with Crippen molar-refractivity contribution in [3.8, 4) is 17.2 Å². The first kappa shape index (κ1) is 18.3. The number of carbonyl (C=O) groups excluding carboxylic acids is 1. The lowest BCUT2D eigenvalue weighted by Gasteiger charge is -2.12. The maximum Gasteiger partial charge on any atom is 0.221 e. The van der Waals surface area contributed by atoms with Gasteiger partial charge in [0.15, 0.2) is 11.5 Å². The summed E-state index contributed by atoms with van der Waals surface area (Å²) in [6.07, 6.45) is 1.69. The van der Waals surface area contributed by atoms with Crippen molar-refractivity contribution < 1.29 is 19.0 Å². The van der Waals surface area contributed by atoms with Gasteiger partial charge in [-0.05, 0) is 36.8 Å². The van der Waals surface area contributed by atoms with Crippen molar-refractivity contribution in [2.45, 2.75) is 13.8 Å². The normalized spacial score (nSPS) is 10.6. The van der Waals surface area contributed by atoms with Crippen molar-refractivity contribution in [1.82, 2.24) is 0 Å². The Labute approximate surface area is 147 Å². The van der Waals surface area contributed by atoms with E-state index in [0.29, 0.717) is 28.6 Å². The third kappa shape index (κ3) is 4.50. The number of aryl methyl sites for hydroxylation is 1. The van der Waals surface area contributed by atoms with Gasteiger partial charge in [-0.1, -0.05) is 6.07 Å². The van der Waals surface area contributed by atoms with Crippen LogP contribution in [-0.4, -0.2) is 33.5 Å². The van der Waals surface area contributed by atoms with Crippen LogP contribution in [0.15, 0.2) is 35.3 Å². The van der Waals surface area contributed by atoms with E-state index in [0.717, 1.165) is 11.1 Å². The number of carbonyl (C=O) groups is 1. The van der Waals surface area contributed by atoms with E-state index in [1.54, 1.807) is 39.7 Å². The average Bonchev–Trinajstić information content (AvgIpc) is 2.60. The van der Waals surface area contributed by atoms with Crippen molar-refractivity contribution in [3.05, 3.63) is 41.5 Å². The first-order chi connectivity index (χ1) is 12.0. The lowest BCUT2D eigenvalue weighted by molar-refractivity contribution is -0.114. The van der Waals surface area contributed by atoms with Crippen molar-refractivity contribution >= 4 is 23.5 Å². The van der Waals surface area contributed by atoms with Gasteiger partial charge in [-0.3, -0.25) is 9.79 Å². The van der Waals surface area contributed by atoms with E-state index < -0.39 is 0 Å². The summed E-state index contributed by atoms with van der Waals surface area (Å²) in [4.78, 5) is 15.9. The number of methoxy groups -OCH3 is 3. The van der Waals surface area contributed by atoms with Gasteiger partial charge >= 0.3 is 0 Å². The Morgan fingerprint density at radius 1 is 1.04 bits per heavy atom. The Balaban J connectivity index is 2.42. The molecule has 0 aliphatic rings. The molecule has 6 heteroatoms. The highest BCUT2D eigenvalue weighted by Crippen LogP contribution is 2.38. The van der Waals surface area contributed by atoms with Crippen molar-refractivity contribution in [3.63, 3.8) is 0 Å². The van der Waals surface area contributed by atoms with Gasteiger partial charge in [-0.25, -0.2) is 0 Å². The smallest absolute Gasteiger partial charge is 0.221 e. The van der Waals surface area contributed by atoms with Gasteiger partial charge in [0.1, 0.15) is 0 Å². The molecule has 0 spiro atoms. The zero-order chi connectivity index (χ0) is 18.4. The number of aliphatic imine (C=N–C) groups is 1. The Morgan fingerprint density at radius 3 is 2.20 bits per heavy atom. The van der Waals surface area contributed by atoms with Crippen LogP contribution in [0.5, 0.6) is 17.2 Å². The lowest BCUT2D eigenvalue weighted by Crippen LogP contribution is -2.05. The van der Waals surface area contributed by atoms with Crippen LogP contribution in [0.1, 0.15) is 18.1 Å². The second-order valence-corrected chi connectivity index (χ2v) is 5.42. The molecule has 0 saturated heterocycles. The Hall–Kier alpha value is -3.02. The highest BCUT2D eigenvalue weighted by atomic mass is 16.5. The Morgan fingerprint density at radius 2 is 1.68 bits per heavy atom. The van der Waals surface area contributed by atoms with Gasteiger partial charge in [0.05, 0.1) is 32.7 Å². The molecule has 0 atom stereocenters. The molecule has 0 radical (unpaired) electrons. The van der Waals surface area contributed by atoms with Crippen LogP contribution in [0.4, 0.5) is 11.4 Å². The van der Waals surface area contributed by atoms with Crippen LogP contribution >= 0.6 is 0 Å². The summed E-state index contributed by atoms with van der Waals surface area (Å²) in [7, 11) is 4.68. The van der Waals surface area contributed by atoms with Gasteiger partial charge in [0.2, 0.25) is 11.7 Å². The lowest BCUT2D eigenvalue weighted by atomic mass is 10.1. The summed E-state index contributed by atoms with van der Waals surface area (Å²) >= 11 is 0. The van der Waals surface area contributed by atoms with Crippen LogP contribution in [0.2, 0.25) is 0 Å². The molecule has 2 aromatic carbocycles. The number of benzene rings is 2. The molecule has 0 heterocycles. The number of nitrogens with one attached hydrogen (secondary N) is 1. The van der Waals surface area contributed by atoms with Crippen molar-refractivity contribution in [2.75, 3.05) is 26.6 Å². The monoisotopic (exact) mass is 342 g/mol. The number of ether oxygens (including phenoxy) is 3. The van der Waals surface area contributed by atoms with E-state index in [1.165, 1.54) is 6.92 Å². The van der Waals surface area contributed by atoms with Crippen LogP contribution in [0.3, 0.4) is 0 Å². The van der Waals surface area contributed by atoms with E-state index in [1.807, 2.05) is 25.1 Å². The average molecular weight is 342 g/mol. The largest absolute Gasteiger partial charge is 0.493 e. The molecule has 0 saturated carbocycles. The molecule has 0 aromatic heterocycles. The van der Waals surface area contributed by atoms with Gasteiger partial charge in [0, 0.05) is 18.7 Å². The molecule has 25 heavy (non-hydrogen) atoms. The molecule has 1 N–H and O–H groups in total. The van der Waals surface area contributed by atoms with Crippen LogP contribution in [0.25, 0.3) is 0 Å². The minimum atomic E-state index is -0.145. The zero-order valence-corrected chi connectivity index (χ0v) is 15.0. The third-order valence-electron chi connectivity index (χ3n) is 3.50. The quantitative estimate of drug-likeness (QED) is 0.812. The number of anilines is 1. The molecular weight excluding hydrogens is 320 g/mol. The number of amides is 1. The predicted octanol–water partition coefficient (Wildman–Crippen LogP) is 3.73. The first-order valence-corrected chi connectivity index (χ1v) is 7.70. The predicted molar refractivity (Wildman–Crippen MR) is 98.8 cm³/mol. The minimum absolute atomic E-state index is 0.145. The van der Waals surface area contributed by atoms with Crippen molar-refractivity contribution in [1.29, 1.82) is 0 Å². The second-order valence-electron chi connectivity index (χ2n) is 5.42. The maximum absolute atomic E-state index is 11.4. The fraction of sp³-hybridized carbons (Fsp3) is 0.263. The van der Waals surface area contributed by atoms with Gasteiger partial charge in [-0.15, -0.1) is 0 Å². The molecule has 6 nitrogen and oxygen atoms in total. The molecule has 0 bridgehead atoms. The standard InChI is InChI=1S/C19H22N2O4/c1-12-6-7-15(21-13(2)22)16(8-12)20-11-14-9-17(23-3)19(25-5)18(10-14)24-4/h6-11H,1-5H3,(H,21,22). The topological polar surface area (TPSA) is 69.2 Å². The fourth-order valence-electron chi connectivity index (χ4n) is 2.36. The molecule has 0 fully saturated rings. The number of nitrogens with zero attached hydrogens (tertiary/aromatic N) is 1. The summed E-state index contributed by atoms with van der Waals surface area (Å²) in [5, 5.41) is 2.78. The van der Waals surface area contributed by atoms with Gasteiger partial charge in [0.25, 0.3) is 0 Å². The van der Waals surface area contributed by atoms with E-state index in [2.05, 4.69) is 10.3 Å². The Kier molecular flexibility index (Phi) is 6.00. The molecule has 0 unspecified atom stereocenters. The molecular formula is C19H22N2O4. The van der Waals surface area contributed by atoms with E-state index in [-0.39, 0.29) is 5.91 Å². The molecule has 0 aliphatic heterocycles. The molecule has 132 valence electrons. The maximum atomic E-state index is 11.4. The van der Waals surface area contributed by atoms with E-state index >= 15 is 0 Å².